The molecule has 0 bridgehead atoms. The molecule has 0 aliphatic carbocycles. The van der Waals surface area contributed by atoms with E-state index in [1.54, 1.807) is 7.05 Å². The van der Waals surface area contributed by atoms with E-state index in [9.17, 15) is 4.79 Å². The van der Waals surface area contributed by atoms with Gasteiger partial charge in [-0.05, 0) is 37.5 Å². The minimum atomic E-state index is -0.128. The van der Waals surface area contributed by atoms with Gasteiger partial charge in [-0.25, -0.2) is 5.43 Å². The zero-order valence-electron chi connectivity index (χ0n) is 9.72. The fourth-order valence-electron chi connectivity index (χ4n) is 1.42. The number of hydrazine groups is 1. The van der Waals surface area contributed by atoms with Crippen LogP contribution < -0.4 is 10.9 Å². The first-order chi connectivity index (χ1) is 7.06. The molecule has 1 aromatic rings. The molecule has 15 heavy (non-hydrogen) atoms. The fraction of sp³-hybridized carbons (Fsp3) is 0.417. The summed E-state index contributed by atoms with van der Waals surface area (Å²) in [6.45, 7) is 6.02. The number of rotatable bonds is 3. The molecular weight excluding hydrogens is 188 g/mol. The van der Waals surface area contributed by atoms with Crippen LogP contribution >= 0.6 is 0 Å². The number of hydrogen-bond acceptors (Lipinski definition) is 2. The highest BCUT2D eigenvalue weighted by Gasteiger charge is 2.14. The van der Waals surface area contributed by atoms with Crippen LogP contribution in [-0.2, 0) is 4.79 Å². The molecule has 82 valence electrons. The van der Waals surface area contributed by atoms with E-state index in [0.29, 0.717) is 0 Å². The Hall–Kier alpha value is -1.35. The molecule has 1 rings (SSSR count). The van der Waals surface area contributed by atoms with Gasteiger partial charge in [-0.3, -0.25) is 10.2 Å². The molecule has 0 spiro atoms. The van der Waals surface area contributed by atoms with Gasteiger partial charge in [0, 0.05) is 7.05 Å². The van der Waals surface area contributed by atoms with Gasteiger partial charge >= 0.3 is 0 Å². The topological polar surface area (TPSA) is 41.1 Å². The standard InChI is InChI=1S/C12H18N2O/c1-8-5-6-11(7-9(8)2)10(3)12(15)14-13-4/h5-7,10,13H,1-4H3,(H,14,15). The predicted octanol–water partition coefficient (Wildman–Crippen LogP) is 1.66. The van der Waals surface area contributed by atoms with Crippen molar-refractivity contribution in [2.45, 2.75) is 26.7 Å². The van der Waals surface area contributed by atoms with Crippen LogP contribution in [0.3, 0.4) is 0 Å². The third-order valence-electron chi connectivity index (χ3n) is 2.67. The Balaban J connectivity index is 2.86. The van der Waals surface area contributed by atoms with Crippen LogP contribution in [0, 0.1) is 13.8 Å². The number of carbonyl (C=O) groups is 1. The van der Waals surface area contributed by atoms with Crippen LogP contribution in [0.15, 0.2) is 18.2 Å². The molecule has 1 atom stereocenters. The van der Waals surface area contributed by atoms with Crippen molar-refractivity contribution in [2.75, 3.05) is 7.05 Å². The lowest BCUT2D eigenvalue weighted by molar-refractivity contribution is -0.123. The van der Waals surface area contributed by atoms with E-state index in [1.807, 2.05) is 19.1 Å². The molecule has 0 aliphatic rings. The van der Waals surface area contributed by atoms with Gasteiger partial charge < -0.3 is 0 Å². The summed E-state index contributed by atoms with van der Waals surface area (Å²) >= 11 is 0. The van der Waals surface area contributed by atoms with Gasteiger partial charge in [0.1, 0.15) is 0 Å². The molecular formula is C12H18N2O. The Labute approximate surface area is 90.9 Å². The van der Waals surface area contributed by atoms with Crippen LogP contribution in [0.25, 0.3) is 0 Å². The van der Waals surface area contributed by atoms with Crippen molar-refractivity contribution in [3.8, 4) is 0 Å². The first-order valence-corrected chi connectivity index (χ1v) is 5.10. The average Bonchev–Trinajstić information content (AvgIpc) is 2.21. The summed E-state index contributed by atoms with van der Waals surface area (Å²) in [6.07, 6.45) is 0. The normalized spacial score (nSPS) is 12.3. The van der Waals surface area contributed by atoms with E-state index in [-0.39, 0.29) is 11.8 Å². The lowest BCUT2D eigenvalue weighted by Gasteiger charge is -2.13. The molecule has 0 aromatic heterocycles. The molecule has 0 saturated heterocycles. The predicted molar refractivity (Wildman–Crippen MR) is 61.5 cm³/mol. The van der Waals surface area contributed by atoms with Crippen molar-refractivity contribution in [3.05, 3.63) is 34.9 Å². The lowest BCUT2D eigenvalue weighted by atomic mass is 9.97. The number of carbonyl (C=O) groups excluding carboxylic acids is 1. The number of hydrogen-bond donors (Lipinski definition) is 2. The second kappa shape index (κ2) is 4.94. The maximum atomic E-state index is 11.6. The third-order valence-corrected chi connectivity index (χ3v) is 2.67. The number of amides is 1. The molecule has 2 N–H and O–H groups in total. The Morgan fingerprint density at radius 1 is 1.27 bits per heavy atom. The molecule has 3 heteroatoms. The van der Waals surface area contributed by atoms with Crippen molar-refractivity contribution in [1.29, 1.82) is 0 Å². The maximum Gasteiger partial charge on any atom is 0.241 e. The van der Waals surface area contributed by atoms with Crippen molar-refractivity contribution < 1.29 is 4.79 Å². The van der Waals surface area contributed by atoms with E-state index < -0.39 is 0 Å². The van der Waals surface area contributed by atoms with Crippen molar-refractivity contribution in [1.82, 2.24) is 10.9 Å². The lowest BCUT2D eigenvalue weighted by Crippen LogP contribution is -2.37. The van der Waals surface area contributed by atoms with E-state index >= 15 is 0 Å². The second-order valence-corrected chi connectivity index (χ2v) is 3.80. The summed E-state index contributed by atoms with van der Waals surface area (Å²) in [4.78, 5) is 11.6. The van der Waals surface area contributed by atoms with Crippen LogP contribution in [0.5, 0.6) is 0 Å². The number of aryl methyl sites for hydroxylation is 2. The highest BCUT2D eigenvalue weighted by Crippen LogP contribution is 2.18. The van der Waals surface area contributed by atoms with E-state index in [0.717, 1.165) is 5.56 Å². The van der Waals surface area contributed by atoms with E-state index in [2.05, 4.69) is 30.8 Å². The molecule has 3 nitrogen and oxygen atoms in total. The summed E-state index contributed by atoms with van der Waals surface area (Å²) in [5.41, 5.74) is 8.75. The number of nitrogens with one attached hydrogen (secondary N) is 2. The minimum Gasteiger partial charge on any atom is -0.291 e. The first kappa shape index (κ1) is 11.7. The summed E-state index contributed by atoms with van der Waals surface area (Å²) < 4.78 is 0. The molecule has 0 radical (unpaired) electrons. The van der Waals surface area contributed by atoms with Crippen LogP contribution in [0.4, 0.5) is 0 Å². The van der Waals surface area contributed by atoms with Gasteiger partial charge in [0.25, 0.3) is 0 Å². The third kappa shape index (κ3) is 2.80. The zero-order chi connectivity index (χ0) is 11.4. The van der Waals surface area contributed by atoms with Crippen LogP contribution in [-0.4, -0.2) is 13.0 Å². The molecule has 0 fully saturated rings. The van der Waals surface area contributed by atoms with Crippen molar-refractivity contribution in [2.24, 2.45) is 0 Å². The Bertz CT molecular complexity index is 361. The Kier molecular flexibility index (Phi) is 3.86. The quantitative estimate of drug-likeness (QED) is 0.738. The van der Waals surface area contributed by atoms with Gasteiger partial charge in [0.15, 0.2) is 0 Å². The SMILES string of the molecule is CNNC(=O)C(C)c1ccc(C)c(C)c1. The summed E-state index contributed by atoms with van der Waals surface area (Å²) in [5, 5.41) is 0. The second-order valence-electron chi connectivity index (χ2n) is 3.80. The highest BCUT2D eigenvalue weighted by atomic mass is 16.2. The van der Waals surface area contributed by atoms with E-state index in [4.69, 9.17) is 0 Å². The summed E-state index contributed by atoms with van der Waals surface area (Å²) in [5.74, 6) is -0.141. The molecule has 1 amide bonds. The Morgan fingerprint density at radius 3 is 2.47 bits per heavy atom. The fourth-order valence-corrected chi connectivity index (χ4v) is 1.42. The largest absolute Gasteiger partial charge is 0.291 e. The van der Waals surface area contributed by atoms with Gasteiger partial charge in [0.05, 0.1) is 5.92 Å². The molecule has 1 aromatic carbocycles. The average molecular weight is 206 g/mol. The van der Waals surface area contributed by atoms with Crippen LogP contribution in [0.1, 0.15) is 29.5 Å². The molecule has 0 saturated carbocycles. The van der Waals surface area contributed by atoms with Gasteiger partial charge in [-0.2, -0.15) is 0 Å². The van der Waals surface area contributed by atoms with Crippen LogP contribution in [0.2, 0.25) is 0 Å². The summed E-state index contributed by atoms with van der Waals surface area (Å²) in [7, 11) is 1.69. The summed E-state index contributed by atoms with van der Waals surface area (Å²) in [6, 6.07) is 6.12. The number of benzene rings is 1. The molecule has 0 aliphatic heterocycles. The van der Waals surface area contributed by atoms with Gasteiger partial charge in [-0.1, -0.05) is 18.2 Å². The highest BCUT2D eigenvalue weighted by molar-refractivity contribution is 5.82. The first-order valence-electron chi connectivity index (χ1n) is 5.10. The molecule has 0 heterocycles. The van der Waals surface area contributed by atoms with Gasteiger partial charge in [0.2, 0.25) is 5.91 Å². The van der Waals surface area contributed by atoms with Crippen molar-refractivity contribution >= 4 is 5.91 Å². The zero-order valence-corrected chi connectivity index (χ0v) is 9.72. The monoisotopic (exact) mass is 206 g/mol. The smallest absolute Gasteiger partial charge is 0.241 e. The maximum absolute atomic E-state index is 11.6. The minimum absolute atomic E-state index is 0.0132. The van der Waals surface area contributed by atoms with Crippen molar-refractivity contribution in [3.63, 3.8) is 0 Å². The van der Waals surface area contributed by atoms with Gasteiger partial charge in [-0.15, -0.1) is 0 Å². The molecule has 1 unspecified atom stereocenters. The Morgan fingerprint density at radius 2 is 1.93 bits per heavy atom. The van der Waals surface area contributed by atoms with E-state index in [1.165, 1.54) is 11.1 Å².